The van der Waals surface area contributed by atoms with Gasteiger partial charge < -0.3 is 19.6 Å². The molecule has 0 radical (unpaired) electrons. The molecule has 2 atom stereocenters. The molecule has 2 aromatic rings. The SMILES string of the molecule is CCCCCCCCCNC(=O)c1coc(CC(CCCC2CO2)Cc2cc(F)ccc2CCC(=O)O)n1. The number of amides is 1. The Labute approximate surface area is 225 Å². The molecule has 1 amide bonds. The van der Waals surface area contributed by atoms with E-state index in [9.17, 15) is 14.0 Å². The average molecular weight is 531 g/mol. The number of oxazole rings is 1. The van der Waals surface area contributed by atoms with Crippen molar-refractivity contribution in [3.63, 3.8) is 0 Å². The Kier molecular flexibility index (Phi) is 12.8. The van der Waals surface area contributed by atoms with Gasteiger partial charge in [0.1, 0.15) is 12.1 Å². The Morgan fingerprint density at radius 2 is 1.87 bits per heavy atom. The zero-order valence-electron chi connectivity index (χ0n) is 22.7. The maximum absolute atomic E-state index is 14.1. The standard InChI is InChI=1S/C30H43FN2O5/c1-2-3-4-5-6-7-8-16-32-30(36)27-21-38-28(33-27)18-22(10-9-11-26-20-37-26)17-24-19-25(31)14-12-23(24)13-15-29(34)35/h12,14,19,21-22,26H,2-11,13,15-18,20H2,1H3,(H,32,36)(H,34,35). The number of nitrogens with one attached hydrogen (secondary N) is 1. The summed E-state index contributed by atoms with van der Waals surface area (Å²) >= 11 is 0. The molecule has 1 aliphatic rings. The molecule has 2 N–H and O–H groups in total. The van der Waals surface area contributed by atoms with E-state index in [2.05, 4.69) is 17.2 Å². The molecule has 2 unspecified atom stereocenters. The first-order valence-electron chi connectivity index (χ1n) is 14.3. The predicted molar refractivity (Wildman–Crippen MR) is 144 cm³/mol. The number of carboxylic acids is 1. The lowest BCUT2D eigenvalue weighted by molar-refractivity contribution is -0.136. The molecule has 0 bridgehead atoms. The molecule has 3 rings (SSSR count). The number of halogens is 1. The molecule has 0 saturated carbocycles. The molecule has 1 fully saturated rings. The van der Waals surface area contributed by atoms with Crippen molar-refractivity contribution in [1.82, 2.24) is 10.3 Å². The van der Waals surface area contributed by atoms with Crippen LogP contribution in [-0.4, -0.2) is 41.2 Å². The number of nitrogens with zero attached hydrogens (tertiary/aromatic N) is 1. The lowest BCUT2D eigenvalue weighted by Gasteiger charge is -2.18. The number of hydrogen-bond acceptors (Lipinski definition) is 5. The van der Waals surface area contributed by atoms with Gasteiger partial charge in [-0.2, -0.15) is 0 Å². The molecular weight excluding hydrogens is 487 g/mol. The van der Waals surface area contributed by atoms with E-state index in [1.807, 2.05) is 0 Å². The smallest absolute Gasteiger partial charge is 0.303 e. The van der Waals surface area contributed by atoms with Crippen LogP contribution >= 0.6 is 0 Å². The number of aromatic nitrogens is 1. The summed E-state index contributed by atoms with van der Waals surface area (Å²) in [4.78, 5) is 28.1. The molecule has 1 aromatic heterocycles. The molecule has 0 spiro atoms. The zero-order valence-corrected chi connectivity index (χ0v) is 22.7. The molecule has 2 heterocycles. The van der Waals surface area contributed by atoms with Gasteiger partial charge in [0.05, 0.1) is 12.7 Å². The second-order valence-electron chi connectivity index (χ2n) is 10.5. The van der Waals surface area contributed by atoms with Crippen molar-refractivity contribution in [3.05, 3.63) is 53.0 Å². The van der Waals surface area contributed by atoms with E-state index in [1.165, 1.54) is 50.5 Å². The van der Waals surface area contributed by atoms with Crippen molar-refractivity contribution >= 4 is 11.9 Å². The lowest BCUT2D eigenvalue weighted by Crippen LogP contribution is -2.24. The molecular formula is C30H43FN2O5. The number of aliphatic carboxylic acids is 1. The highest BCUT2D eigenvalue weighted by molar-refractivity contribution is 5.91. The van der Waals surface area contributed by atoms with Crippen LogP contribution in [0.3, 0.4) is 0 Å². The Hall–Kier alpha value is -2.74. The number of epoxide rings is 1. The van der Waals surface area contributed by atoms with Gasteiger partial charge in [-0.1, -0.05) is 57.9 Å². The molecule has 1 saturated heterocycles. The van der Waals surface area contributed by atoms with Gasteiger partial charge in [0, 0.05) is 19.4 Å². The van der Waals surface area contributed by atoms with Crippen molar-refractivity contribution in [2.45, 2.75) is 103 Å². The van der Waals surface area contributed by atoms with Gasteiger partial charge in [0.15, 0.2) is 11.6 Å². The first-order valence-corrected chi connectivity index (χ1v) is 14.3. The Morgan fingerprint density at radius 3 is 2.61 bits per heavy atom. The highest BCUT2D eigenvalue weighted by Gasteiger charge is 2.24. The van der Waals surface area contributed by atoms with Crippen molar-refractivity contribution in [2.24, 2.45) is 5.92 Å². The third kappa shape index (κ3) is 11.3. The molecule has 8 heteroatoms. The van der Waals surface area contributed by atoms with Crippen LogP contribution in [0.2, 0.25) is 0 Å². The van der Waals surface area contributed by atoms with E-state index in [0.717, 1.165) is 49.8 Å². The van der Waals surface area contributed by atoms with Gasteiger partial charge in [-0.3, -0.25) is 9.59 Å². The number of rotatable bonds is 20. The molecule has 1 aromatic carbocycles. The summed E-state index contributed by atoms with van der Waals surface area (Å²) in [6.45, 7) is 3.64. The molecule has 1 aliphatic heterocycles. The van der Waals surface area contributed by atoms with Crippen LogP contribution in [0.4, 0.5) is 4.39 Å². The van der Waals surface area contributed by atoms with Crippen molar-refractivity contribution < 1.29 is 28.2 Å². The number of benzene rings is 1. The molecule has 7 nitrogen and oxygen atoms in total. The van der Waals surface area contributed by atoms with Crippen LogP contribution in [0.1, 0.15) is 105 Å². The van der Waals surface area contributed by atoms with Gasteiger partial charge in [0.2, 0.25) is 0 Å². The third-order valence-electron chi connectivity index (χ3n) is 7.14. The van der Waals surface area contributed by atoms with Crippen LogP contribution in [0.5, 0.6) is 0 Å². The van der Waals surface area contributed by atoms with Gasteiger partial charge >= 0.3 is 5.97 Å². The third-order valence-corrected chi connectivity index (χ3v) is 7.14. The predicted octanol–water partition coefficient (Wildman–Crippen LogP) is 6.28. The summed E-state index contributed by atoms with van der Waals surface area (Å²) in [6, 6.07) is 4.57. The van der Waals surface area contributed by atoms with E-state index < -0.39 is 5.97 Å². The summed E-state index contributed by atoms with van der Waals surface area (Å²) < 4.78 is 25.1. The van der Waals surface area contributed by atoms with Crippen LogP contribution in [-0.2, 0) is 28.8 Å². The van der Waals surface area contributed by atoms with Crippen LogP contribution in [0.15, 0.2) is 28.9 Å². The number of carboxylic acid groups (broad SMARTS) is 1. The normalized spacial score (nSPS) is 15.4. The fraction of sp³-hybridized carbons (Fsp3) is 0.633. The maximum Gasteiger partial charge on any atom is 0.303 e. The second-order valence-corrected chi connectivity index (χ2v) is 10.5. The average Bonchev–Trinajstić information content (AvgIpc) is 3.60. The number of hydrogen-bond donors (Lipinski definition) is 2. The zero-order chi connectivity index (χ0) is 27.2. The van der Waals surface area contributed by atoms with Crippen LogP contribution in [0, 0.1) is 11.7 Å². The van der Waals surface area contributed by atoms with E-state index in [4.69, 9.17) is 14.3 Å². The Morgan fingerprint density at radius 1 is 1.11 bits per heavy atom. The second kappa shape index (κ2) is 16.3. The maximum atomic E-state index is 14.1. The summed E-state index contributed by atoms with van der Waals surface area (Å²) in [6.07, 6.45) is 14.3. The number of ether oxygens (including phenoxy) is 1. The highest BCUT2D eigenvalue weighted by Crippen LogP contribution is 2.26. The minimum Gasteiger partial charge on any atom is -0.481 e. The van der Waals surface area contributed by atoms with E-state index in [-0.39, 0.29) is 29.8 Å². The Balaban J connectivity index is 1.54. The first kappa shape index (κ1) is 29.8. The van der Waals surface area contributed by atoms with Crippen molar-refractivity contribution in [3.8, 4) is 0 Å². The Bertz CT molecular complexity index is 1000. The summed E-state index contributed by atoms with van der Waals surface area (Å²) in [7, 11) is 0. The van der Waals surface area contributed by atoms with Gasteiger partial charge in [-0.05, 0) is 61.3 Å². The number of aryl methyl sites for hydroxylation is 1. The number of unbranched alkanes of at least 4 members (excludes halogenated alkanes) is 6. The lowest BCUT2D eigenvalue weighted by atomic mass is 9.88. The number of carbonyl (C=O) groups is 2. The fourth-order valence-electron chi connectivity index (χ4n) is 4.86. The van der Waals surface area contributed by atoms with Gasteiger partial charge in [-0.25, -0.2) is 9.37 Å². The van der Waals surface area contributed by atoms with Gasteiger partial charge in [0.25, 0.3) is 5.91 Å². The molecule has 38 heavy (non-hydrogen) atoms. The minimum absolute atomic E-state index is 0.000609. The van der Waals surface area contributed by atoms with Crippen molar-refractivity contribution in [2.75, 3.05) is 13.2 Å². The largest absolute Gasteiger partial charge is 0.481 e. The van der Waals surface area contributed by atoms with Crippen LogP contribution < -0.4 is 5.32 Å². The summed E-state index contributed by atoms with van der Waals surface area (Å²) in [5.41, 5.74) is 1.95. The molecule has 210 valence electrons. The topological polar surface area (TPSA) is 105 Å². The first-order chi connectivity index (χ1) is 18.4. The van der Waals surface area contributed by atoms with Crippen molar-refractivity contribution in [1.29, 1.82) is 0 Å². The van der Waals surface area contributed by atoms with E-state index in [1.54, 1.807) is 6.07 Å². The summed E-state index contributed by atoms with van der Waals surface area (Å²) in [5.74, 6) is -0.836. The number of carbonyl (C=O) groups excluding carboxylic acids is 1. The van der Waals surface area contributed by atoms with Gasteiger partial charge in [-0.15, -0.1) is 0 Å². The van der Waals surface area contributed by atoms with E-state index in [0.29, 0.717) is 37.8 Å². The minimum atomic E-state index is -0.876. The van der Waals surface area contributed by atoms with E-state index >= 15 is 0 Å². The summed E-state index contributed by atoms with van der Waals surface area (Å²) in [5, 5.41) is 12.0. The molecule has 0 aliphatic carbocycles. The fourth-order valence-corrected chi connectivity index (χ4v) is 4.86. The monoisotopic (exact) mass is 530 g/mol. The van der Waals surface area contributed by atoms with Crippen LogP contribution in [0.25, 0.3) is 0 Å². The quantitative estimate of drug-likeness (QED) is 0.154. The highest BCUT2D eigenvalue weighted by atomic mass is 19.1.